The molecule has 0 unspecified atom stereocenters. The average molecular weight is 318 g/mol. The maximum absolute atomic E-state index is 11.6. The minimum absolute atomic E-state index is 0.112. The molecule has 5 nitrogen and oxygen atoms in total. The van der Waals surface area contributed by atoms with Crippen molar-refractivity contribution in [3.63, 3.8) is 0 Å². The topological polar surface area (TPSA) is 51.7 Å². The Hall–Kier alpha value is -2.21. The summed E-state index contributed by atoms with van der Waals surface area (Å²) in [5, 5.41) is 0.891. The number of thiocarbonyl (C=S) groups is 1. The summed E-state index contributed by atoms with van der Waals surface area (Å²) < 4.78 is 10.3. The molecule has 6 heteroatoms. The fourth-order valence-corrected chi connectivity index (χ4v) is 2.42. The molecule has 0 atom stereocenters. The molecule has 2 rings (SSSR count). The summed E-state index contributed by atoms with van der Waals surface area (Å²) in [7, 11) is 3.38. The molecule has 1 heterocycles. The molecule has 1 aromatic carbocycles. The lowest BCUT2D eigenvalue weighted by atomic mass is 10.1. The lowest BCUT2D eigenvalue weighted by Crippen LogP contribution is -2.32. The Morgan fingerprint density at radius 2 is 2.14 bits per heavy atom. The van der Waals surface area contributed by atoms with Gasteiger partial charge in [-0.3, -0.25) is 9.78 Å². The molecular weight excluding hydrogens is 300 g/mol. The number of pyridine rings is 1. The first-order valence-electron chi connectivity index (χ1n) is 6.91. The summed E-state index contributed by atoms with van der Waals surface area (Å²) in [6.45, 7) is 2.24. The summed E-state index contributed by atoms with van der Waals surface area (Å²) in [5.41, 5.74) is 1.58. The molecule has 0 saturated heterocycles. The first kappa shape index (κ1) is 16.2. The number of methoxy groups -OCH3 is 1. The van der Waals surface area contributed by atoms with Crippen molar-refractivity contribution in [2.45, 2.75) is 6.92 Å². The minimum Gasteiger partial charge on any atom is -0.494 e. The Kier molecular flexibility index (Phi) is 5.27. The molecular formula is C16H18N2O3S. The van der Waals surface area contributed by atoms with Crippen molar-refractivity contribution in [3.05, 3.63) is 36.0 Å². The van der Waals surface area contributed by atoms with Gasteiger partial charge in [-0.25, -0.2) is 0 Å². The van der Waals surface area contributed by atoms with Gasteiger partial charge < -0.3 is 14.4 Å². The molecule has 116 valence electrons. The van der Waals surface area contributed by atoms with Crippen LogP contribution in [0.3, 0.4) is 0 Å². The Labute approximate surface area is 134 Å². The summed E-state index contributed by atoms with van der Waals surface area (Å²) in [4.78, 5) is 18.2. The second-order valence-electron chi connectivity index (χ2n) is 4.68. The number of likely N-dealkylation sites (N-methyl/N-ethyl adjacent to an activating group) is 1. The van der Waals surface area contributed by atoms with E-state index in [-0.39, 0.29) is 12.5 Å². The van der Waals surface area contributed by atoms with Gasteiger partial charge in [0.25, 0.3) is 0 Å². The number of aromatic nitrogens is 1. The van der Waals surface area contributed by atoms with Crippen LogP contribution in [0.15, 0.2) is 30.5 Å². The van der Waals surface area contributed by atoms with Crippen LogP contribution in [0.5, 0.6) is 5.75 Å². The van der Waals surface area contributed by atoms with E-state index in [9.17, 15) is 4.79 Å². The molecule has 0 aliphatic carbocycles. The normalized spacial score (nSPS) is 10.3. The van der Waals surface area contributed by atoms with Crippen LogP contribution in [0, 0.1) is 0 Å². The molecule has 0 aliphatic heterocycles. The van der Waals surface area contributed by atoms with Crippen molar-refractivity contribution < 1.29 is 14.3 Å². The predicted octanol–water partition coefficient (Wildman–Crippen LogP) is 2.41. The van der Waals surface area contributed by atoms with Crippen molar-refractivity contribution in [2.75, 3.05) is 27.3 Å². The Morgan fingerprint density at radius 3 is 2.82 bits per heavy atom. The highest BCUT2D eigenvalue weighted by Gasteiger charge is 2.16. The van der Waals surface area contributed by atoms with Crippen LogP contribution in [0.1, 0.15) is 12.5 Å². The van der Waals surface area contributed by atoms with E-state index in [1.54, 1.807) is 32.2 Å². The number of nitrogens with zero attached hydrogens (tertiary/aromatic N) is 2. The summed E-state index contributed by atoms with van der Waals surface area (Å²) in [6, 6.07) is 7.49. The molecule has 2 aromatic rings. The van der Waals surface area contributed by atoms with Crippen LogP contribution in [0.2, 0.25) is 0 Å². The molecule has 0 bridgehead atoms. The number of rotatable bonds is 5. The van der Waals surface area contributed by atoms with Crippen LogP contribution in [0.4, 0.5) is 0 Å². The van der Waals surface area contributed by atoms with E-state index in [0.717, 1.165) is 16.5 Å². The van der Waals surface area contributed by atoms with Gasteiger partial charge in [-0.05, 0) is 25.1 Å². The van der Waals surface area contributed by atoms with Crippen LogP contribution in [0.25, 0.3) is 10.9 Å². The summed E-state index contributed by atoms with van der Waals surface area (Å²) >= 11 is 5.50. The molecule has 0 radical (unpaired) electrons. The molecule has 0 aliphatic rings. The van der Waals surface area contributed by atoms with Gasteiger partial charge in [-0.15, -0.1) is 0 Å². The van der Waals surface area contributed by atoms with Gasteiger partial charge >= 0.3 is 5.97 Å². The Morgan fingerprint density at radius 1 is 1.36 bits per heavy atom. The quantitative estimate of drug-likeness (QED) is 0.623. The number of ether oxygens (including phenoxy) is 2. The van der Waals surface area contributed by atoms with Crippen molar-refractivity contribution in [3.8, 4) is 5.75 Å². The zero-order chi connectivity index (χ0) is 16.1. The third-order valence-electron chi connectivity index (χ3n) is 3.20. The van der Waals surface area contributed by atoms with Crippen molar-refractivity contribution in [1.82, 2.24) is 9.88 Å². The molecule has 0 spiro atoms. The first-order valence-corrected chi connectivity index (χ1v) is 7.32. The number of esters is 1. The van der Waals surface area contributed by atoms with Crippen LogP contribution < -0.4 is 4.74 Å². The van der Waals surface area contributed by atoms with Crippen molar-refractivity contribution in [1.29, 1.82) is 0 Å². The third kappa shape index (κ3) is 3.33. The van der Waals surface area contributed by atoms with E-state index >= 15 is 0 Å². The van der Waals surface area contributed by atoms with Gasteiger partial charge in [0.1, 0.15) is 22.8 Å². The number of hydrogen-bond donors (Lipinski definition) is 0. The standard InChI is InChI=1S/C16H18N2O3S/c1-4-21-14(19)10-18(2)16(22)12-7-8-13(20-3)15-11(12)6-5-9-17-15/h5-9H,4,10H2,1-3H3. The number of fused-ring (bicyclic) bond motifs is 1. The highest BCUT2D eigenvalue weighted by molar-refractivity contribution is 7.80. The van der Waals surface area contributed by atoms with E-state index < -0.39 is 0 Å². The second kappa shape index (κ2) is 7.17. The van der Waals surface area contributed by atoms with Gasteiger partial charge in [-0.2, -0.15) is 0 Å². The van der Waals surface area contributed by atoms with Crippen LogP contribution >= 0.6 is 12.2 Å². The molecule has 0 amide bonds. The average Bonchev–Trinajstić information content (AvgIpc) is 2.53. The van der Waals surface area contributed by atoms with Gasteiger partial charge in [0.15, 0.2) is 0 Å². The van der Waals surface area contributed by atoms with Crippen molar-refractivity contribution >= 4 is 34.1 Å². The number of hydrogen-bond acceptors (Lipinski definition) is 5. The van der Waals surface area contributed by atoms with Gasteiger partial charge in [0, 0.05) is 24.2 Å². The van der Waals surface area contributed by atoms with Crippen molar-refractivity contribution in [2.24, 2.45) is 0 Å². The SMILES string of the molecule is CCOC(=O)CN(C)C(=S)c1ccc(OC)c2ncccc12. The van der Waals surface area contributed by atoms with Crippen LogP contribution in [-0.2, 0) is 9.53 Å². The Balaban J connectivity index is 2.34. The largest absolute Gasteiger partial charge is 0.494 e. The smallest absolute Gasteiger partial charge is 0.325 e. The van der Waals surface area contributed by atoms with E-state index in [0.29, 0.717) is 17.3 Å². The van der Waals surface area contributed by atoms with Crippen LogP contribution in [-0.4, -0.2) is 48.2 Å². The van der Waals surface area contributed by atoms with E-state index in [4.69, 9.17) is 21.7 Å². The summed E-state index contributed by atoms with van der Waals surface area (Å²) in [6.07, 6.45) is 1.71. The summed E-state index contributed by atoms with van der Waals surface area (Å²) in [5.74, 6) is 0.387. The molecule has 1 aromatic heterocycles. The van der Waals surface area contributed by atoms with E-state index in [2.05, 4.69) is 4.98 Å². The minimum atomic E-state index is -0.303. The highest BCUT2D eigenvalue weighted by Crippen LogP contribution is 2.27. The zero-order valence-corrected chi connectivity index (χ0v) is 13.6. The fourth-order valence-electron chi connectivity index (χ4n) is 2.18. The molecule has 0 N–H and O–H groups in total. The van der Waals surface area contributed by atoms with Gasteiger partial charge in [-0.1, -0.05) is 18.3 Å². The lowest BCUT2D eigenvalue weighted by molar-refractivity contribution is -0.143. The second-order valence-corrected chi connectivity index (χ2v) is 5.07. The lowest BCUT2D eigenvalue weighted by Gasteiger charge is -2.20. The van der Waals surface area contributed by atoms with E-state index in [1.807, 2.05) is 24.3 Å². The maximum atomic E-state index is 11.6. The highest BCUT2D eigenvalue weighted by atomic mass is 32.1. The third-order valence-corrected chi connectivity index (χ3v) is 3.73. The van der Waals surface area contributed by atoms with Gasteiger partial charge in [0.2, 0.25) is 0 Å². The molecule has 0 fully saturated rings. The molecule has 0 saturated carbocycles. The first-order chi connectivity index (χ1) is 10.6. The number of carbonyl (C=O) groups is 1. The van der Waals surface area contributed by atoms with Gasteiger partial charge in [0.05, 0.1) is 13.7 Å². The zero-order valence-electron chi connectivity index (χ0n) is 12.8. The monoisotopic (exact) mass is 318 g/mol. The van der Waals surface area contributed by atoms with E-state index in [1.165, 1.54) is 0 Å². The maximum Gasteiger partial charge on any atom is 0.325 e. The number of carbonyl (C=O) groups excluding carboxylic acids is 1. The number of benzene rings is 1. The fraction of sp³-hybridized carbons (Fsp3) is 0.312. The predicted molar refractivity (Wildman–Crippen MR) is 89.3 cm³/mol. The molecule has 22 heavy (non-hydrogen) atoms. The Bertz CT molecular complexity index is 703.